The Balaban J connectivity index is 2.13. The quantitative estimate of drug-likeness (QED) is 0.764. The van der Waals surface area contributed by atoms with E-state index < -0.39 is 0 Å². The van der Waals surface area contributed by atoms with Gasteiger partial charge >= 0.3 is 0 Å². The van der Waals surface area contributed by atoms with Crippen LogP contribution >= 0.6 is 11.6 Å². The minimum absolute atomic E-state index is 0.0889. The van der Waals surface area contributed by atoms with Gasteiger partial charge in [0, 0.05) is 18.4 Å². The molecule has 1 aromatic heterocycles. The Kier molecular flexibility index (Phi) is 3.61. The van der Waals surface area contributed by atoms with Crippen molar-refractivity contribution in [1.82, 2.24) is 9.97 Å². The third kappa shape index (κ3) is 2.83. The van der Waals surface area contributed by atoms with Gasteiger partial charge in [-0.15, -0.1) is 0 Å². The van der Waals surface area contributed by atoms with Gasteiger partial charge < -0.3 is 9.47 Å². The van der Waals surface area contributed by atoms with Crippen molar-refractivity contribution in [3.8, 4) is 5.88 Å². The molecule has 0 spiro atoms. The van der Waals surface area contributed by atoms with Crippen LogP contribution in [0.3, 0.4) is 0 Å². The fourth-order valence-electron chi connectivity index (χ4n) is 1.51. The number of hydrogen-bond acceptors (Lipinski definition) is 4. The standard InChI is InChI=1S/C11H15ClN2O2/c1-7(2)11-13-9(12)5-10(14-11)16-8-3-4-15-6-8/h5,7-8H,3-4,6H2,1-2H3. The van der Waals surface area contributed by atoms with Crippen LogP contribution in [-0.2, 0) is 4.74 Å². The summed E-state index contributed by atoms with van der Waals surface area (Å²) in [6.07, 6.45) is 0.990. The monoisotopic (exact) mass is 242 g/mol. The second-order valence-electron chi connectivity index (χ2n) is 4.15. The molecule has 0 saturated carbocycles. The summed E-state index contributed by atoms with van der Waals surface area (Å²) in [6.45, 7) is 5.42. The number of halogens is 1. The lowest BCUT2D eigenvalue weighted by molar-refractivity contribution is 0.137. The van der Waals surface area contributed by atoms with E-state index in [1.807, 2.05) is 13.8 Å². The van der Waals surface area contributed by atoms with Crippen LogP contribution in [0.2, 0.25) is 5.15 Å². The summed E-state index contributed by atoms with van der Waals surface area (Å²) in [5.41, 5.74) is 0. The van der Waals surface area contributed by atoms with Crippen molar-refractivity contribution in [2.24, 2.45) is 0 Å². The number of aromatic nitrogens is 2. The molecule has 4 nitrogen and oxygen atoms in total. The van der Waals surface area contributed by atoms with Crippen molar-refractivity contribution in [1.29, 1.82) is 0 Å². The molecule has 1 aromatic rings. The molecule has 2 heterocycles. The second-order valence-corrected chi connectivity index (χ2v) is 4.53. The van der Waals surface area contributed by atoms with Crippen molar-refractivity contribution in [3.63, 3.8) is 0 Å². The molecule has 0 N–H and O–H groups in total. The van der Waals surface area contributed by atoms with E-state index in [0.29, 0.717) is 23.5 Å². The maximum atomic E-state index is 5.92. The van der Waals surface area contributed by atoms with Crippen LogP contribution in [0.25, 0.3) is 0 Å². The van der Waals surface area contributed by atoms with Gasteiger partial charge in [-0.25, -0.2) is 4.98 Å². The van der Waals surface area contributed by atoms with Crippen LogP contribution in [0.5, 0.6) is 5.88 Å². The minimum Gasteiger partial charge on any atom is -0.472 e. The third-order valence-electron chi connectivity index (χ3n) is 2.38. The summed E-state index contributed by atoms with van der Waals surface area (Å²) in [5.74, 6) is 1.49. The second kappa shape index (κ2) is 4.97. The Morgan fingerprint density at radius 2 is 2.31 bits per heavy atom. The SMILES string of the molecule is CC(C)c1nc(Cl)cc(OC2CCOC2)n1. The van der Waals surface area contributed by atoms with E-state index in [2.05, 4.69) is 9.97 Å². The molecule has 2 rings (SSSR count). The first-order valence-electron chi connectivity index (χ1n) is 5.44. The molecule has 0 amide bonds. The van der Waals surface area contributed by atoms with E-state index in [9.17, 15) is 0 Å². The first kappa shape index (κ1) is 11.6. The molecule has 88 valence electrons. The van der Waals surface area contributed by atoms with Gasteiger partial charge in [0.2, 0.25) is 5.88 Å². The summed E-state index contributed by atoms with van der Waals surface area (Å²) >= 11 is 5.92. The van der Waals surface area contributed by atoms with Crippen molar-refractivity contribution in [2.45, 2.75) is 32.3 Å². The Labute approximate surface area is 99.9 Å². The van der Waals surface area contributed by atoms with E-state index in [0.717, 1.165) is 13.0 Å². The van der Waals surface area contributed by atoms with Crippen molar-refractivity contribution >= 4 is 11.6 Å². The van der Waals surface area contributed by atoms with Crippen molar-refractivity contribution in [3.05, 3.63) is 17.0 Å². The highest BCUT2D eigenvalue weighted by Crippen LogP contribution is 2.21. The number of ether oxygens (including phenoxy) is 2. The molecule has 0 bridgehead atoms. The summed E-state index contributed by atoms with van der Waals surface area (Å²) in [6, 6.07) is 1.64. The molecular weight excluding hydrogens is 228 g/mol. The summed E-state index contributed by atoms with van der Waals surface area (Å²) in [4.78, 5) is 8.47. The fourth-order valence-corrected chi connectivity index (χ4v) is 1.69. The highest BCUT2D eigenvalue weighted by molar-refractivity contribution is 6.29. The molecule has 0 aliphatic carbocycles. The first-order chi connectivity index (χ1) is 7.65. The molecule has 1 aliphatic rings. The lowest BCUT2D eigenvalue weighted by Gasteiger charge is -2.12. The molecule has 0 radical (unpaired) electrons. The molecule has 1 aliphatic heterocycles. The van der Waals surface area contributed by atoms with Crippen molar-refractivity contribution in [2.75, 3.05) is 13.2 Å². The van der Waals surface area contributed by atoms with Crippen LogP contribution in [0.4, 0.5) is 0 Å². The van der Waals surface area contributed by atoms with Gasteiger partial charge in [-0.3, -0.25) is 0 Å². The van der Waals surface area contributed by atoms with Crippen LogP contribution in [0.1, 0.15) is 32.0 Å². The van der Waals surface area contributed by atoms with Crippen LogP contribution in [0.15, 0.2) is 6.07 Å². The predicted octanol–water partition coefficient (Wildman–Crippen LogP) is 2.42. The van der Waals surface area contributed by atoms with E-state index in [1.165, 1.54) is 0 Å². The van der Waals surface area contributed by atoms with Crippen LogP contribution in [-0.4, -0.2) is 29.3 Å². The zero-order valence-corrected chi connectivity index (χ0v) is 10.2. The average molecular weight is 243 g/mol. The molecule has 0 aromatic carbocycles. The zero-order chi connectivity index (χ0) is 11.5. The normalized spacial score (nSPS) is 20.4. The van der Waals surface area contributed by atoms with Crippen molar-refractivity contribution < 1.29 is 9.47 Å². The molecular formula is C11H15ClN2O2. The maximum absolute atomic E-state index is 5.92. The largest absolute Gasteiger partial charge is 0.472 e. The first-order valence-corrected chi connectivity index (χ1v) is 5.82. The zero-order valence-electron chi connectivity index (χ0n) is 9.44. The van der Waals surface area contributed by atoms with Crippen LogP contribution in [0, 0.1) is 0 Å². The number of hydrogen-bond donors (Lipinski definition) is 0. The van der Waals surface area contributed by atoms with Gasteiger partial charge in [0.15, 0.2) is 0 Å². The van der Waals surface area contributed by atoms with Gasteiger partial charge in [-0.1, -0.05) is 25.4 Å². The van der Waals surface area contributed by atoms with Gasteiger partial charge in [-0.2, -0.15) is 4.98 Å². The topological polar surface area (TPSA) is 44.2 Å². The molecule has 1 unspecified atom stereocenters. The Morgan fingerprint density at radius 3 is 2.94 bits per heavy atom. The Morgan fingerprint density at radius 1 is 1.50 bits per heavy atom. The summed E-state index contributed by atoms with van der Waals surface area (Å²) in [7, 11) is 0. The van der Waals surface area contributed by atoms with E-state index in [-0.39, 0.29) is 12.0 Å². The molecule has 1 atom stereocenters. The lowest BCUT2D eigenvalue weighted by Crippen LogP contribution is -2.17. The van der Waals surface area contributed by atoms with Gasteiger partial charge in [0.25, 0.3) is 0 Å². The number of nitrogens with zero attached hydrogens (tertiary/aromatic N) is 2. The summed E-state index contributed by atoms with van der Waals surface area (Å²) < 4.78 is 10.9. The molecule has 1 saturated heterocycles. The smallest absolute Gasteiger partial charge is 0.218 e. The Hall–Kier alpha value is -0.870. The minimum atomic E-state index is 0.0889. The molecule has 16 heavy (non-hydrogen) atoms. The maximum Gasteiger partial charge on any atom is 0.218 e. The highest BCUT2D eigenvalue weighted by Gasteiger charge is 2.18. The van der Waals surface area contributed by atoms with Gasteiger partial charge in [0.05, 0.1) is 13.2 Å². The van der Waals surface area contributed by atoms with Gasteiger partial charge in [0.1, 0.15) is 17.1 Å². The van der Waals surface area contributed by atoms with E-state index in [1.54, 1.807) is 6.07 Å². The predicted molar refractivity (Wildman–Crippen MR) is 61.0 cm³/mol. The molecule has 1 fully saturated rings. The van der Waals surface area contributed by atoms with E-state index >= 15 is 0 Å². The third-order valence-corrected chi connectivity index (χ3v) is 2.57. The Bertz CT molecular complexity index is 365. The highest BCUT2D eigenvalue weighted by atomic mass is 35.5. The molecule has 5 heteroatoms. The fraction of sp³-hybridized carbons (Fsp3) is 0.636. The van der Waals surface area contributed by atoms with Gasteiger partial charge in [-0.05, 0) is 0 Å². The summed E-state index contributed by atoms with van der Waals surface area (Å²) in [5, 5.41) is 0.424. The van der Waals surface area contributed by atoms with Crippen LogP contribution < -0.4 is 4.74 Å². The van der Waals surface area contributed by atoms with E-state index in [4.69, 9.17) is 21.1 Å². The average Bonchev–Trinajstić information content (AvgIpc) is 2.69. The number of rotatable bonds is 3. The lowest BCUT2D eigenvalue weighted by atomic mass is 10.2.